The van der Waals surface area contributed by atoms with Gasteiger partial charge in [-0.2, -0.15) is 0 Å². The highest BCUT2D eigenvalue weighted by Crippen LogP contribution is 2.39. The normalized spacial score (nSPS) is 14.7. The lowest BCUT2D eigenvalue weighted by Gasteiger charge is -2.38. The maximum absolute atomic E-state index is 6.41. The molecule has 0 saturated heterocycles. The predicted molar refractivity (Wildman–Crippen MR) is 85.6 cm³/mol. The van der Waals surface area contributed by atoms with Crippen LogP contribution in [0.15, 0.2) is 22.7 Å². The molecule has 0 bridgehead atoms. The van der Waals surface area contributed by atoms with Crippen molar-refractivity contribution < 1.29 is 4.43 Å². The molecule has 0 heterocycles. The van der Waals surface area contributed by atoms with Gasteiger partial charge in [-0.15, -0.1) is 0 Å². The van der Waals surface area contributed by atoms with Crippen LogP contribution in [0, 0.1) is 6.92 Å². The maximum Gasteiger partial charge on any atom is 0.192 e. The van der Waals surface area contributed by atoms with Gasteiger partial charge in [0.25, 0.3) is 0 Å². The molecule has 0 N–H and O–H groups in total. The van der Waals surface area contributed by atoms with Crippen LogP contribution in [0.4, 0.5) is 0 Å². The lowest BCUT2D eigenvalue weighted by molar-refractivity contribution is 0.203. The molecule has 1 aromatic rings. The first-order valence-electron chi connectivity index (χ1n) is 6.48. The second kappa shape index (κ2) is 5.47. The molecule has 0 amide bonds. The fourth-order valence-corrected chi connectivity index (χ4v) is 3.23. The molecule has 1 atom stereocenters. The van der Waals surface area contributed by atoms with Gasteiger partial charge in [0, 0.05) is 4.47 Å². The Morgan fingerprint density at radius 1 is 1.22 bits per heavy atom. The molecule has 18 heavy (non-hydrogen) atoms. The van der Waals surface area contributed by atoms with Crippen molar-refractivity contribution in [3.05, 3.63) is 33.8 Å². The van der Waals surface area contributed by atoms with E-state index < -0.39 is 8.32 Å². The minimum atomic E-state index is -1.69. The molecule has 0 aromatic heterocycles. The number of aryl methyl sites for hydroxylation is 1. The van der Waals surface area contributed by atoms with Crippen molar-refractivity contribution in [2.45, 2.75) is 58.9 Å². The molecule has 0 fully saturated rings. The first-order chi connectivity index (χ1) is 8.04. The van der Waals surface area contributed by atoms with E-state index in [0.29, 0.717) is 0 Å². The van der Waals surface area contributed by atoms with E-state index in [1.807, 2.05) is 0 Å². The first kappa shape index (κ1) is 15.9. The molecule has 1 unspecified atom stereocenters. The van der Waals surface area contributed by atoms with E-state index in [-0.39, 0.29) is 11.1 Å². The van der Waals surface area contributed by atoms with Gasteiger partial charge in [0.1, 0.15) is 0 Å². The zero-order valence-corrected chi connectivity index (χ0v) is 15.2. The molecule has 3 heteroatoms. The molecule has 0 saturated carbocycles. The number of benzene rings is 1. The van der Waals surface area contributed by atoms with Gasteiger partial charge in [-0.1, -0.05) is 48.8 Å². The largest absolute Gasteiger partial charge is 0.410 e. The van der Waals surface area contributed by atoms with Gasteiger partial charge in [-0.3, -0.25) is 0 Å². The Bertz CT molecular complexity index is 421. The minimum Gasteiger partial charge on any atom is -0.410 e. The molecule has 0 aliphatic rings. The van der Waals surface area contributed by atoms with Crippen LogP contribution in [-0.4, -0.2) is 8.32 Å². The highest BCUT2D eigenvalue weighted by Gasteiger charge is 2.38. The molecule has 1 aromatic carbocycles. The minimum absolute atomic E-state index is 0.165. The Labute approximate surface area is 121 Å². The highest BCUT2D eigenvalue weighted by atomic mass is 79.9. The number of hydrogen-bond acceptors (Lipinski definition) is 1. The topological polar surface area (TPSA) is 9.23 Å². The van der Waals surface area contributed by atoms with Gasteiger partial charge in [-0.05, 0) is 49.2 Å². The van der Waals surface area contributed by atoms with Crippen LogP contribution >= 0.6 is 15.9 Å². The van der Waals surface area contributed by atoms with Crippen molar-refractivity contribution in [3.63, 3.8) is 0 Å². The second-order valence-corrected chi connectivity index (χ2v) is 12.1. The highest BCUT2D eigenvalue weighted by molar-refractivity contribution is 9.10. The molecule has 1 nitrogen and oxygen atoms in total. The van der Waals surface area contributed by atoms with E-state index in [9.17, 15) is 0 Å². The van der Waals surface area contributed by atoms with Crippen LogP contribution in [0.2, 0.25) is 18.1 Å². The Kier molecular flexibility index (Phi) is 4.85. The van der Waals surface area contributed by atoms with E-state index in [0.717, 1.165) is 4.47 Å². The Morgan fingerprint density at radius 2 is 1.78 bits per heavy atom. The fraction of sp³-hybridized carbons (Fsp3) is 0.600. The molecule has 0 aliphatic carbocycles. The van der Waals surface area contributed by atoms with E-state index >= 15 is 0 Å². The van der Waals surface area contributed by atoms with Crippen LogP contribution in [0.5, 0.6) is 0 Å². The van der Waals surface area contributed by atoms with Gasteiger partial charge < -0.3 is 4.43 Å². The Morgan fingerprint density at radius 3 is 2.22 bits per heavy atom. The van der Waals surface area contributed by atoms with Crippen molar-refractivity contribution in [2.75, 3.05) is 0 Å². The summed E-state index contributed by atoms with van der Waals surface area (Å²) < 4.78 is 7.56. The zero-order valence-electron chi connectivity index (χ0n) is 12.6. The Hall–Kier alpha value is -0.123. The van der Waals surface area contributed by atoms with Gasteiger partial charge in [-0.25, -0.2) is 0 Å². The monoisotopic (exact) mass is 328 g/mol. The van der Waals surface area contributed by atoms with E-state index in [4.69, 9.17) is 4.43 Å². The maximum atomic E-state index is 6.41. The quantitative estimate of drug-likeness (QED) is 0.633. The molecule has 0 radical (unpaired) electrons. The summed E-state index contributed by atoms with van der Waals surface area (Å²) >= 11 is 3.54. The molecular weight excluding hydrogens is 304 g/mol. The zero-order chi connectivity index (χ0) is 14.1. The number of rotatable bonds is 3. The lowest BCUT2D eigenvalue weighted by atomic mass is 10.1. The van der Waals surface area contributed by atoms with Crippen LogP contribution < -0.4 is 0 Å². The summed E-state index contributed by atoms with van der Waals surface area (Å²) in [5.41, 5.74) is 2.53. The predicted octanol–water partition coefficient (Wildman–Crippen LogP) is 5.84. The van der Waals surface area contributed by atoms with Crippen molar-refractivity contribution in [1.29, 1.82) is 0 Å². The van der Waals surface area contributed by atoms with Gasteiger partial charge in [0.05, 0.1) is 6.10 Å². The standard InChI is InChI=1S/C15H25BrOSi/c1-11-10-13(8-9-14(11)16)12(2)17-18(6,7)15(3,4)5/h8-10,12H,1-7H3. The lowest BCUT2D eigenvalue weighted by Crippen LogP contribution is -2.41. The van der Waals surface area contributed by atoms with Gasteiger partial charge in [0.15, 0.2) is 8.32 Å². The molecule has 0 aliphatic heterocycles. The molecule has 102 valence electrons. The van der Waals surface area contributed by atoms with Crippen LogP contribution in [0.3, 0.4) is 0 Å². The summed E-state index contributed by atoms with van der Waals surface area (Å²) in [4.78, 5) is 0. The third kappa shape index (κ3) is 3.69. The molecule has 1 rings (SSSR count). The van der Waals surface area contributed by atoms with E-state index in [1.165, 1.54) is 11.1 Å². The third-order valence-electron chi connectivity index (χ3n) is 3.93. The van der Waals surface area contributed by atoms with Crippen molar-refractivity contribution in [2.24, 2.45) is 0 Å². The average molecular weight is 329 g/mol. The van der Waals surface area contributed by atoms with E-state index in [2.05, 4.69) is 81.8 Å². The fourth-order valence-electron chi connectivity index (χ4n) is 1.61. The summed E-state index contributed by atoms with van der Waals surface area (Å²) in [6.45, 7) is 15.7. The smallest absolute Gasteiger partial charge is 0.192 e. The van der Waals surface area contributed by atoms with E-state index in [1.54, 1.807) is 0 Å². The van der Waals surface area contributed by atoms with Crippen LogP contribution in [-0.2, 0) is 4.43 Å². The average Bonchev–Trinajstić information content (AvgIpc) is 2.19. The van der Waals surface area contributed by atoms with Crippen LogP contribution in [0.1, 0.15) is 44.9 Å². The van der Waals surface area contributed by atoms with Gasteiger partial charge >= 0.3 is 0 Å². The van der Waals surface area contributed by atoms with Crippen LogP contribution in [0.25, 0.3) is 0 Å². The molecular formula is C15H25BrOSi. The van der Waals surface area contributed by atoms with Gasteiger partial charge in [0.2, 0.25) is 0 Å². The summed E-state index contributed by atoms with van der Waals surface area (Å²) in [5.74, 6) is 0. The summed E-state index contributed by atoms with van der Waals surface area (Å²) in [5, 5.41) is 0.256. The first-order valence-corrected chi connectivity index (χ1v) is 10.2. The number of halogens is 1. The van der Waals surface area contributed by atoms with Crippen molar-refractivity contribution >= 4 is 24.2 Å². The summed E-state index contributed by atoms with van der Waals surface area (Å²) in [7, 11) is -1.69. The summed E-state index contributed by atoms with van der Waals surface area (Å²) in [6, 6.07) is 6.47. The summed E-state index contributed by atoms with van der Waals surface area (Å²) in [6.07, 6.45) is 0.165. The van der Waals surface area contributed by atoms with Crippen molar-refractivity contribution in [3.8, 4) is 0 Å². The SMILES string of the molecule is Cc1cc(C(C)O[Si](C)(C)C(C)(C)C)ccc1Br. The number of hydrogen-bond donors (Lipinski definition) is 0. The van der Waals surface area contributed by atoms with Crippen molar-refractivity contribution in [1.82, 2.24) is 0 Å². The third-order valence-corrected chi connectivity index (χ3v) is 9.37. The second-order valence-electron chi connectivity index (χ2n) is 6.53. The molecule has 0 spiro atoms. The Balaban J connectivity index is 2.89.